The van der Waals surface area contributed by atoms with Crippen LogP contribution in [0, 0.1) is 11.3 Å². The van der Waals surface area contributed by atoms with E-state index in [1.807, 2.05) is 0 Å². The van der Waals surface area contributed by atoms with Crippen LogP contribution < -0.4 is 14.8 Å². The zero-order valence-electron chi connectivity index (χ0n) is 10.9. The van der Waals surface area contributed by atoms with Crippen molar-refractivity contribution < 1.29 is 19.0 Å². The lowest BCUT2D eigenvalue weighted by Gasteiger charge is -2.09. The standard InChI is InChI=1S/C13H14N2O4/c1-17-11-5-4-10(6-12(11)18-2)15-8-9(7-14)13(16)19-3/h4-6,8,15H,1-3H3/b9-8-. The van der Waals surface area contributed by atoms with E-state index >= 15 is 0 Å². The number of carbonyl (C=O) groups excluding carboxylic acids is 1. The van der Waals surface area contributed by atoms with Gasteiger partial charge in [0.1, 0.15) is 6.07 Å². The maximum atomic E-state index is 11.2. The first-order chi connectivity index (χ1) is 9.15. The van der Waals surface area contributed by atoms with Crippen molar-refractivity contribution in [1.29, 1.82) is 5.26 Å². The number of anilines is 1. The first-order valence-electron chi connectivity index (χ1n) is 5.33. The minimum atomic E-state index is -0.699. The van der Waals surface area contributed by atoms with Gasteiger partial charge in [-0.05, 0) is 12.1 Å². The minimum Gasteiger partial charge on any atom is -0.493 e. The molecule has 1 aromatic carbocycles. The maximum absolute atomic E-state index is 11.2. The fourth-order valence-corrected chi connectivity index (χ4v) is 1.33. The molecule has 1 rings (SSSR count). The average Bonchev–Trinajstić information content (AvgIpc) is 2.47. The third-order valence-electron chi connectivity index (χ3n) is 2.29. The zero-order valence-corrected chi connectivity index (χ0v) is 10.9. The topological polar surface area (TPSA) is 80.6 Å². The van der Waals surface area contributed by atoms with E-state index in [0.29, 0.717) is 17.2 Å². The van der Waals surface area contributed by atoms with Crippen LogP contribution in [-0.4, -0.2) is 27.3 Å². The molecule has 0 saturated heterocycles. The summed E-state index contributed by atoms with van der Waals surface area (Å²) in [5.74, 6) is 0.429. The van der Waals surface area contributed by atoms with Crippen LogP contribution in [0.15, 0.2) is 30.0 Å². The Kier molecular flexibility index (Phi) is 5.23. The van der Waals surface area contributed by atoms with Crippen LogP contribution in [0.25, 0.3) is 0 Å². The molecule has 0 spiro atoms. The average molecular weight is 262 g/mol. The van der Waals surface area contributed by atoms with Crippen molar-refractivity contribution in [3.8, 4) is 17.6 Å². The molecule has 0 amide bonds. The Morgan fingerprint density at radius 1 is 1.26 bits per heavy atom. The van der Waals surface area contributed by atoms with E-state index in [0.717, 1.165) is 0 Å². The number of hydrogen-bond acceptors (Lipinski definition) is 6. The van der Waals surface area contributed by atoms with E-state index in [1.165, 1.54) is 27.5 Å². The molecular formula is C13H14N2O4. The number of hydrogen-bond donors (Lipinski definition) is 1. The van der Waals surface area contributed by atoms with Crippen molar-refractivity contribution in [3.05, 3.63) is 30.0 Å². The number of nitriles is 1. The number of nitrogens with zero attached hydrogens (tertiary/aromatic N) is 1. The Hall–Kier alpha value is -2.68. The Labute approximate surface area is 111 Å². The van der Waals surface area contributed by atoms with Gasteiger partial charge in [0.2, 0.25) is 0 Å². The summed E-state index contributed by atoms with van der Waals surface area (Å²) >= 11 is 0. The second-order valence-electron chi connectivity index (χ2n) is 3.38. The molecule has 0 fully saturated rings. The number of nitrogens with one attached hydrogen (secondary N) is 1. The molecule has 0 aliphatic carbocycles. The van der Waals surface area contributed by atoms with Gasteiger partial charge in [0.05, 0.1) is 21.3 Å². The Balaban J connectivity index is 2.92. The van der Waals surface area contributed by atoms with Gasteiger partial charge in [-0.1, -0.05) is 0 Å². The maximum Gasteiger partial charge on any atom is 0.350 e. The fraction of sp³-hybridized carbons (Fsp3) is 0.231. The van der Waals surface area contributed by atoms with E-state index in [-0.39, 0.29) is 5.57 Å². The van der Waals surface area contributed by atoms with Gasteiger partial charge in [-0.15, -0.1) is 0 Å². The first kappa shape index (κ1) is 14.4. The van der Waals surface area contributed by atoms with Crippen LogP contribution in [0.1, 0.15) is 0 Å². The highest BCUT2D eigenvalue weighted by atomic mass is 16.5. The molecule has 0 saturated carbocycles. The van der Waals surface area contributed by atoms with Crippen molar-refractivity contribution in [2.45, 2.75) is 0 Å². The van der Waals surface area contributed by atoms with Crippen molar-refractivity contribution >= 4 is 11.7 Å². The first-order valence-corrected chi connectivity index (χ1v) is 5.33. The highest BCUT2D eigenvalue weighted by Gasteiger charge is 2.08. The van der Waals surface area contributed by atoms with Gasteiger partial charge in [-0.25, -0.2) is 4.79 Å². The molecule has 0 aliphatic heterocycles. The third-order valence-corrected chi connectivity index (χ3v) is 2.29. The van der Waals surface area contributed by atoms with Gasteiger partial charge in [0.15, 0.2) is 17.1 Å². The second kappa shape index (κ2) is 6.91. The highest BCUT2D eigenvalue weighted by Crippen LogP contribution is 2.29. The van der Waals surface area contributed by atoms with Gasteiger partial charge in [0.25, 0.3) is 0 Å². The van der Waals surface area contributed by atoms with Crippen LogP contribution in [-0.2, 0) is 9.53 Å². The third kappa shape index (κ3) is 3.64. The summed E-state index contributed by atoms with van der Waals surface area (Å²) in [6.07, 6.45) is 1.27. The van der Waals surface area contributed by atoms with Crippen LogP contribution in [0.5, 0.6) is 11.5 Å². The lowest BCUT2D eigenvalue weighted by atomic mass is 10.2. The lowest BCUT2D eigenvalue weighted by Crippen LogP contribution is -2.05. The molecular weight excluding hydrogens is 248 g/mol. The molecule has 0 radical (unpaired) electrons. The molecule has 1 N–H and O–H groups in total. The van der Waals surface area contributed by atoms with Crippen LogP contribution >= 0.6 is 0 Å². The smallest absolute Gasteiger partial charge is 0.350 e. The largest absolute Gasteiger partial charge is 0.493 e. The predicted octanol–water partition coefficient (Wildman–Crippen LogP) is 1.70. The summed E-state index contributed by atoms with van der Waals surface area (Å²) < 4.78 is 14.7. The van der Waals surface area contributed by atoms with Gasteiger partial charge < -0.3 is 19.5 Å². The summed E-state index contributed by atoms with van der Waals surface area (Å²) in [4.78, 5) is 11.2. The molecule has 6 nitrogen and oxygen atoms in total. The van der Waals surface area contributed by atoms with Gasteiger partial charge in [-0.3, -0.25) is 0 Å². The molecule has 1 aromatic rings. The molecule has 0 aromatic heterocycles. The molecule has 100 valence electrons. The fourth-order valence-electron chi connectivity index (χ4n) is 1.33. The van der Waals surface area contributed by atoms with E-state index in [2.05, 4.69) is 10.1 Å². The number of esters is 1. The van der Waals surface area contributed by atoms with Crippen molar-refractivity contribution in [3.63, 3.8) is 0 Å². The summed E-state index contributed by atoms with van der Waals surface area (Å²) in [6, 6.07) is 6.86. The monoisotopic (exact) mass is 262 g/mol. The summed E-state index contributed by atoms with van der Waals surface area (Å²) in [7, 11) is 4.27. The number of ether oxygens (including phenoxy) is 3. The minimum absolute atomic E-state index is 0.128. The Morgan fingerprint density at radius 3 is 2.47 bits per heavy atom. The quantitative estimate of drug-likeness (QED) is 0.494. The molecule has 19 heavy (non-hydrogen) atoms. The van der Waals surface area contributed by atoms with Crippen LogP contribution in [0.2, 0.25) is 0 Å². The second-order valence-corrected chi connectivity index (χ2v) is 3.38. The predicted molar refractivity (Wildman–Crippen MR) is 68.9 cm³/mol. The Bertz CT molecular complexity index is 532. The van der Waals surface area contributed by atoms with E-state index < -0.39 is 5.97 Å². The number of rotatable bonds is 5. The lowest BCUT2D eigenvalue weighted by molar-refractivity contribution is -0.135. The molecule has 0 unspecified atom stereocenters. The number of benzene rings is 1. The Morgan fingerprint density at radius 2 is 1.95 bits per heavy atom. The highest BCUT2D eigenvalue weighted by molar-refractivity contribution is 5.93. The summed E-state index contributed by atoms with van der Waals surface area (Å²) in [6.45, 7) is 0. The normalized spacial score (nSPS) is 10.3. The van der Waals surface area contributed by atoms with E-state index in [9.17, 15) is 4.79 Å². The summed E-state index contributed by atoms with van der Waals surface area (Å²) in [5.41, 5.74) is 0.520. The SMILES string of the molecule is COC(=O)/C(C#N)=C\Nc1ccc(OC)c(OC)c1. The summed E-state index contributed by atoms with van der Waals surface area (Å²) in [5, 5.41) is 11.6. The molecule has 0 heterocycles. The molecule has 6 heteroatoms. The number of carbonyl (C=O) groups is 1. The van der Waals surface area contributed by atoms with Gasteiger partial charge >= 0.3 is 5.97 Å². The van der Waals surface area contributed by atoms with E-state index in [1.54, 1.807) is 24.3 Å². The van der Waals surface area contributed by atoms with Crippen LogP contribution in [0.4, 0.5) is 5.69 Å². The van der Waals surface area contributed by atoms with Crippen molar-refractivity contribution in [1.82, 2.24) is 0 Å². The molecule has 0 aliphatic rings. The molecule has 0 bridgehead atoms. The zero-order chi connectivity index (χ0) is 14.3. The molecule has 0 atom stereocenters. The van der Waals surface area contributed by atoms with Gasteiger partial charge in [-0.2, -0.15) is 5.26 Å². The van der Waals surface area contributed by atoms with Crippen molar-refractivity contribution in [2.75, 3.05) is 26.6 Å². The number of methoxy groups -OCH3 is 3. The van der Waals surface area contributed by atoms with Crippen LogP contribution in [0.3, 0.4) is 0 Å². The van der Waals surface area contributed by atoms with E-state index in [4.69, 9.17) is 14.7 Å². The van der Waals surface area contributed by atoms with Crippen molar-refractivity contribution in [2.24, 2.45) is 0 Å². The van der Waals surface area contributed by atoms with Gasteiger partial charge in [0, 0.05) is 18.0 Å².